The van der Waals surface area contributed by atoms with E-state index in [1.165, 1.54) is 0 Å². The highest BCUT2D eigenvalue weighted by atomic mass is 16.5. The topological polar surface area (TPSA) is 43.4 Å². The summed E-state index contributed by atoms with van der Waals surface area (Å²) in [6, 6.07) is 0. The number of carbonyl (C=O) groups is 2. The molecule has 3 heteroatoms. The third-order valence-electron chi connectivity index (χ3n) is 2.68. The second-order valence-corrected chi connectivity index (χ2v) is 4.00. The number of hydrogen-bond acceptors (Lipinski definition) is 3. The maximum Gasteiger partial charge on any atom is 0.305 e. The van der Waals surface area contributed by atoms with Gasteiger partial charge >= 0.3 is 5.97 Å². The van der Waals surface area contributed by atoms with Crippen LogP contribution in [-0.4, -0.2) is 18.4 Å². The van der Waals surface area contributed by atoms with E-state index in [1.807, 2.05) is 6.92 Å². The summed E-state index contributed by atoms with van der Waals surface area (Å²) in [6.07, 6.45) is 4.58. The van der Waals surface area contributed by atoms with Crippen molar-refractivity contribution >= 4 is 11.8 Å². The third-order valence-corrected chi connectivity index (χ3v) is 2.68. The van der Waals surface area contributed by atoms with Crippen molar-refractivity contribution in [1.29, 1.82) is 0 Å². The normalized spacial score (nSPS) is 12.2. The molecule has 0 aromatic rings. The zero-order valence-corrected chi connectivity index (χ0v) is 10.8. The maximum absolute atomic E-state index is 11.6. The molecule has 0 saturated heterocycles. The van der Waals surface area contributed by atoms with Crippen molar-refractivity contribution in [3.05, 3.63) is 0 Å². The lowest BCUT2D eigenvalue weighted by Gasteiger charge is -2.13. The van der Waals surface area contributed by atoms with Gasteiger partial charge in [-0.2, -0.15) is 0 Å². The van der Waals surface area contributed by atoms with Crippen molar-refractivity contribution in [2.75, 3.05) is 6.61 Å². The van der Waals surface area contributed by atoms with Crippen LogP contribution in [0.2, 0.25) is 0 Å². The molecule has 3 nitrogen and oxygen atoms in total. The zero-order valence-electron chi connectivity index (χ0n) is 10.8. The molecule has 0 N–H and O–H groups in total. The Labute approximate surface area is 98.6 Å². The van der Waals surface area contributed by atoms with E-state index in [9.17, 15) is 9.59 Å². The van der Waals surface area contributed by atoms with Crippen molar-refractivity contribution in [2.24, 2.45) is 5.92 Å². The van der Waals surface area contributed by atoms with Crippen LogP contribution in [0.15, 0.2) is 0 Å². The van der Waals surface area contributed by atoms with Crippen LogP contribution in [0, 0.1) is 5.92 Å². The molecule has 0 heterocycles. The van der Waals surface area contributed by atoms with Gasteiger partial charge in [-0.25, -0.2) is 0 Å². The molecule has 0 amide bonds. The van der Waals surface area contributed by atoms with Gasteiger partial charge in [-0.1, -0.05) is 20.3 Å². The van der Waals surface area contributed by atoms with Crippen LogP contribution in [0.5, 0.6) is 0 Å². The average Bonchev–Trinajstić information content (AvgIpc) is 2.27. The lowest BCUT2D eigenvalue weighted by Crippen LogP contribution is -2.14. The molecule has 0 fully saturated rings. The van der Waals surface area contributed by atoms with Gasteiger partial charge in [0.25, 0.3) is 0 Å². The Morgan fingerprint density at radius 2 is 1.81 bits per heavy atom. The Bertz CT molecular complexity index is 211. The fourth-order valence-electron chi connectivity index (χ4n) is 1.83. The molecule has 0 bridgehead atoms. The van der Waals surface area contributed by atoms with E-state index in [0.717, 1.165) is 25.7 Å². The minimum absolute atomic E-state index is 0.143. The van der Waals surface area contributed by atoms with Crippen LogP contribution < -0.4 is 0 Å². The third kappa shape index (κ3) is 6.59. The number of ketones is 1. The largest absolute Gasteiger partial charge is 0.466 e. The van der Waals surface area contributed by atoms with E-state index < -0.39 is 0 Å². The molecule has 94 valence electrons. The van der Waals surface area contributed by atoms with Gasteiger partial charge in [-0.3, -0.25) is 9.59 Å². The fourth-order valence-corrected chi connectivity index (χ4v) is 1.83. The molecule has 16 heavy (non-hydrogen) atoms. The monoisotopic (exact) mass is 228 g/mol. The quantitative estimate of drug-likeness (QED) is 0.569. The molecule has 0 aliphatic heterocycles. The van der Waals surface area contributed by atoms with Crippen LogP contribution in [0.3, 0.4) is 0 Å². The van der Waals surface area contributed by atoms with E-state index in [1.54, 1.807) is 6.92 Å². The highest BCUT2D eigenvalue weighted by Gasteiger charge is 2.15. The van der Waals surface area contributed by atoms with E-state index in [0.29, 0.717) is 25.2 Å². The first-order valence-corrected chi connectivity index (χ1v) is 6.33. The number of ether oxygens (including phenoxy) is 1. The number of rotatable bonds is 9. The Kier molecular flexibility index (Phi) is 8.87. The minimum atomic E-state index is -0.151. The summed E-state index contributed by atoms with van der Waals surface area (Å²) in [6.45, 7) is 6.22. The number of hydrogen-bond donors (Lipinski definition) is 0. The van der Waals surface area contributed by atoms with Crippen LogP contribution in [-0.2, 0) is 14.3 Å². The first-order chi connectivity index (χ1) is 7.65. The molecule has 0 rings (SSSR count). The molecule has 0 radical (unpaired) electrons. The van der Waals surface area contributed by atoms with Crippen LogP contribution in [0.4, 0.5) is 0 Å². The van der Waals surface area contributed by atoms with Gasteiger partial charge < -0.3 is 4.74 Å². The van der Waals surface area contributed by atoms with Gasteiger partial charge in [-0.05, 0) is 26.2 Å². The molecule has 1 atom stereocenters. The molecule has 1 unspecified atom stereocenters. The predicted octanol–water partition coefficient (Wildman–Crippen LogP) is 3.12. The second kappa shape index (κ2) is 9.37. The number of esters is 1. The molecule has 0 aromatic heterocycles. The van der Waals surface area contributed by atoms with Crippen molar-refractivity contribution < 1.29 is 14.3 Å². The predicted molar refractivity (Wildman–Crippen MR) is 64.2 cm³/mol. The van der Waals surface area contributed by atoms with Crippen molar-refractivity contribution in [1.82, 2.24) is 0 Å². The molecule has 0 aromatic carbocycles. The Balaban J connectivity index is 3.84. The Morgan fingerprint density at radius 3 is 2.31 bits per heavy atom. The SMILES string of the molecule is CCCC(CCCC(=O)OCC)C(=O)CC. The van der Waals surface area contributed by atoms with Gasteiger partial charge in [0.2, 0.25) is 0 Å². The second-order valence-electron chi connectivity index (χ2n) is 4.00. The number of Topliss-reactive ketones (excluding diaryl/α,β-unsaturated/α-hetero) is 1. The summed E-state index contributed by atoms with van der Waals surface area (Å²) >= 11 is 0. The average molecular weight is 228 g/mol. The van der Waals surface area contributed by atoms with E-state index in [4.69, 9.17) is 4.74 Å². The maximum atomic E-state index is 11.6. The molecule has 0 spiro atoms. The van der Waals surface area contributed by atoms with Gasteiger partial charge in [0.1, 0.15) is 5.78 Å². The van der Waals surface area contributed by atoms with Crippen molar-refractivity contribution in [3.8, 4) is 0 Å². The smallest absolute Gasteiger partial charge is 0.305 e. The molecule has 0 aliphatic rings. The lowest BCUT2D eigenvalue weighted by atomic mass is 9.91. The summed E-state index contributed by atoms with van der Waals surface area (Å²) in [4.78, 5) is 22.7. The van der Waals surface area contributed by atoms with Gasteiger partial charge in [0.15, 0.2) is 0 Å². The summed E-state index contributed by atoms with van der Waals surface area (Å²) in [5.41, 5.74) is 0. The molecule has 0 saturated carbocycles. The minimum Gasteiger partial charge on any atom is -0.466 e. The molecule has 0 aliphatic carbocycles. The van der Waals surface area contributed by atoms with Crippen LogP contribution in [0.25, 0.3) is 0 Å². The van der Waals surface area contributed by atoms with Gasteiger partial charge in [-0.15, -0.1) is 0 Å². The summed E-state index contributed by atoms with van der Waals surface area (Å²) < 4.78 is 4.85. The Morgan fingerprint density at radius 1 is 1.12 bits per heavy atom. The van der Waals surface area contributed by atoms with Gasteiger partial charge in [0, 0.05) is 18.8 Å². The van der Waals surface area contributed by atoms with Crippen LogP contribution >= 0.6 is 0 Å². The van der Waals surface area contributed by atoms with Crippen molar-refractivity contribution in [3.63, 3.8) is 0 Å². The van der Waals surface area contributed by atoms with E-state index in [-0.39, 0.29) is 11.9 Å². The van der Waals surface area contributed by atoms with E-state index in [2.05, 4.69) is 6.92 Å². The number of carbonyl (C=O) groups excluding carboxylic acids is 2. The highest BCUT2D eigenvalue weighted by Crippen LogP contribution is 2.17. The van der Waals surface area contributed by atoms with E-state index >= 15 is 0 Å². The Hall–Kier alpha value is -0.860. The lowest BCUT2D eigenvalue weighted by molar-refractivity contribution is -0.143. The molecular formula is C13H24O3. The van der Waals surface area contributed by atoms with Crippen LogP contribution in [0.1, 0.15) is 59.3 Å². The summed E-state index contributed by atoms with van der Waals surface area (Å²) in [5.74, 6) is 0.317. The van der Waals surface area contributed by atoms with Crippen molar-refractivity contribution in [2.45, 2.75) is 59.3 Å². The fraction of sp³-hybridized carbons (Fsp3) is 0.846. The standard InChI is InChI=1S/C13H24O3/c1-4-8-11(12(14)5-2)9-7-10-13(15)16-6-3/h11H,4-10H2,1-3H3. The zero-order chi connectivity index (χ0) is 12.4. The first-order valence-electron chi connectivity index (χ1n) is 6.33. The highest BCUT2D eigenvalue weighted by molar-refractivity contribution is 5.80. The first kappa shape index (κ1) is 15.1. The van der Waals surface area contributed by atoms with Gasteiger partial charge in [0.05, 0.1) is 6.61 Å². The summed E-state index contributed by atoms with van der Waals surface area (Å²) in [7, 11) is 0. The molecular weight excluding hydrogens is 204 g/mol. The summed E-state index contributed by atoms with van der Waals surface area (Å²) in [5, 5.41) is 0.